The van der Waals surface area contributed by atoms with Crippen LogP contribution in [0.3, 0.4) is 0 Å². The normalized spacial score (nSPS) is 15.2. The van der Waals surface area contributed by atoms with Gasteiger partial charge in [-0.3, -0.25) is 14.5 Å². The van der Waals surface area contributed by atoms with Crippen molar-refractivity contribution in [3.63, 3.8) is 0 Å². The predicted octanol–water partition coefficient (Wildman–Crippen LogP) is 3.15. The van der Waals surface area contributed by atoms with Crippen molar-refractivity contribution < 1.29 is 27.2 Å². The Bertz CT molecular complexity index is 845. The van der Waals surface area contributed by atoms with E-state index in [1.807, 2.05) is 4.90 Å². The first-order chi connectivity index (χ1) is 14.3. The molecule has 0 saturated carbocycles. The third kappa shape index (κ3) is 6.09. The Hall–Kier alpha value is -2.81. The fraction of sp³-hybridized carbons (Fsp3) is 0.429. The molecule has 1 N–H and O–H groups in total. The molecule has 2 aromatic rings. The molecule has 0 radical (unpaired) electrons. The van der Waals surface area contributed by atoms with Gasteiger partial charge in [0, 0.05) is 45.7 Å². The quantitative estimate of drug-likeness (QED) is 0.695. The number of nitrogens with zero attached hydrogens (tertiary/aromatic N) is 2. The lowest BCUT2D eigenvalue weighted by Crippen LogP contribution is -2.48. The lowest BCUT2D eigenvalue weighted by atomic mass is 10.1. The minimum absolute atomic E-state index is 0.0148. The first-order valence-electron chi connectivity index (χ1n) is 9.81. The van der Waals surface area contributed by atoms with E-state index in [9.17, 15) is 22.8 Å². The highest BCUT2D eigenvalue weighted by Gasteiger charge is 2.30. The highest BCUT2D eigenvalue weighted by molar-refractivity contribution is 5.91. The predicted molar refractivity (Wildman–Crippen MR) is 104 cm³/mol. The second kappa shape index (κ2) is 9.80. The van der Waals surface area contributed by atoms with E-state index in [1.54, 1.807) is 23.1 Å². The summed E-state index contributed by atoms with van der Waals surface area (Å²) >= 11 is 0. The molecule has 1 saturated heterocycles. The van der Waals surface area contributed by atoms with E-state index in [2.05, 4.69) is 5.32 Å². The zero-order valence-electron chi connectivity index (χ0n) is 16.5. The van der Waals surface area contributed by atoms with Gasteiger partial charge >= 0.3 is 6.18 Å². The van der Waals surface area contributed by atoms with Crippen LogP contribution in [0.1, 0.15) is 34.5 Å². The maximum Gasteiger partial charge on any atom is 0.416 e. The summed E-state index contributed by atoms with van der Waals surface area (Å²) in [6.45, 7) is 3.09. The van der Waals surface area contributed by atoms with E-state index in [1.165, 1.54) is 18.4 Å². The highest BCUT2D eigenvalue weighted by atomic mass is 19.4. The number of rotatable bonds is 7. The molecule has 0 bridgehead atoms. The zero-order chi connectivity index (χ0) is 21.6. The van der Waals surface area contributed by atoms with Crippen LogP contribution in [-0.4, -0.2) is 54.3 Å². The number of halogens is 3. The lowest BCUT2D eigenvalue weighted by Gasteiger charge is -2.35. The summed E-state index contributed by atoms with van der Waals surface area (Å²) in [4.78, 5) is 27.9. The molecule has 0 unspecified atom stereocenters. The van der Waals surface area contributed by atoms with Crippen molar-refractivity contribution in [1.29, 1.82) is 0 Å². The van der Waals surface area contributed by atoms with Crippen molar-refractivity contribution in [3.05, 3.63) is 59.5 Å². The minimum atomic E-state index is -4.35. The van der Waals surface area contributed by atoms with Crippen LogP contribution in [0.4, 0.5) is 13.2 Å². The van der Waals surface area contributed by atoms with Crippen LogP contribution in [0.15, 0.2) is 47.1 Å². The van der Waals surface area contributed by atoms with Crippen LogP contribution in [0.25, 0.3) is 0 Å². The molecule has 6 nitrogen and oxygen atoms in total. The Balaban J connectivity index is 1.37. The number of hydrogen-bond donors (Lipinski definition) is 1. The van der Waals surface area contributed by atoms with Gasteiger partial charge in [-0.25, -0.2) is 0 Å². The van der Waals surface area contributed by atoms with Crippen molar-refractivity contribution in [1.82, 2.24) is 15.1 Å². The summed E-state index contributed by atoms with van der Waals surface area (Å²) in [5.74, 6) is -0.0603. The van der Waals surface area contributed by atoms with Gasteiger partial charge in [-0.15, -0.1) is 0 Å². The van der Waals surface area contributed by atoms with Gasteiger partial charge in [-0.2, -0.15) is 13.2 Å². The van der Waals surface area contributed by atoms with Crippen LogP contribution >= 0.6 is 0 Å². The molecule has 1 aromatic carbocycles. The fourth-order valence-corrected chi connectivity index (χ4v) is 3.35. The second-order valence-corrected chi connectivity index (χ2v) is 7.19. The van der Waals surface area contributed by atoms with Gasteiger partial charge in [0.05, 0.1) is 11.8 Å². The number of nitrogens with one attached hydrogen (secondary N) is 1. The second-order valence-electron chi connectivity index (χ2n) is 7.19. The van der Waals surface area contributed by atoms with Gasteiger partial charge < -0.3 is 14.6 Å². The van der Waals surface area contributed by atoms with E-state index in [4.69, 9.17) is 4.42 Å². The number of piperazine rings is 1. The summed E-state index contributed by atoms with van der Waals surface area (Å²) in [5, 5.41) is 2.70. The third-order valence-corrected chi connectivity index (χ3v) is 4.98. The number of alkyl halides is 3. The molecule has 30 heavy (non-hydrogen) atoms. The summed E-state index contributed by atoms with van der Waals surface area (Å²) in [7, 11) is 0. The average molecular weight is 423 g/mol. The Kier molecular flexibility index (Phi) is 7.15. The van der Waals surface area contributed by atoms with E-state index in [-0.39, 0.29) is 17.6 Å². The number of carbonyl (C=O) groups excluding carboxylic acids is 2. The Labute approximate surface area is 172 Å². The first-order valence-corrected chi connectivity index (χ1v) is 9.81. The molecule has 162 valence electrons. The van der Waals surface area contributed by atoms with Crippen LogP contribution < -0.4 is 5.32 Å². The number of carbonyl (C=O) groups is 2. The number of amides is 2. The van der Waals surface area contributed by atoms with Gasteiger partial charge in [0.2, 0.25) is 5.91 Å². The highest BCUT2D eigenvalue weighted by Crippen LogP contribution is 2.29. The van der Waals surface area contributed by atoms with Crippen LogP contribution in [0, 0.1) is 0 Å². The Morgan fingerprint density at radius 3 is 2.50 bits per heavy atom. The molecule has 0 atom stereocenters. The molecule has 3 rings (SSSR count). The molecular formula is C21H24F3N3O3. The topological polar surface area (TPSA) is 65.8 Å². The molecule has 9 heteroatoms. The average Bonchev–Trinajstić information content (AvgIpc) is 3.26. The zero-order valence-corrected chi connectivity index (χ0v) is 16.5. The molecule has 1 aliphatic heterocycles. The molecule has 0 spiro atoms. The molecule has 1 aromatic heterocycles. The van der Waals surface area contributed by atoms with E-state index in [0.717, 1.165) is 6.07 Å². The summed E-state index contributed by atoms with van der Waals surface area (Å²) < 4.78 is 43.5. The van der Waals surface area contributed by atoms with Gasteiger partial charge in [0.25, 0.3) is 5.91 Å². The van der Waals surface area contributed by atoms with Crippen molar-refractivity contribution in [3.8, 4) is 0 Å². The molecule has 1 aliphatic rings. The molecule has 0 aliphatic carbocycles. The van der Waals surface area contributed by atoms with Gasteiger partial charge in [-0.1, -0.05) is 18.2 Å². The summed E-state index contributed by atoms with van der Waals surface area (Å²) in [6.07, 6.45) is -2.08. The number of furan rings is 1. The van der Waals surface area contributed by atoms with E-state index in [0.29, 0.717) is 57.7 Å². The Morgan fingerprint density at radius 1 is 1.07 bits per heavy atom. The Morgan fingerprint density at radius 2 is 1.83 bits per heavy atom. The van der Waals surface area contributed by atoms with Crippen LogP contribution in [0.2, 0.25) is 0 Å². The summed E-state index contributed by atoms with van der Waals surface area (Å²) in [5.41, 5.74) is -0.0372. The van der Waals surface area contributed by atoms with E-state index < -0.39 is 11.7 Å². The van der Waals surface area contributed by atoms with Crippen molar-refractivity contribution >= 4 is 11.8 Å². The molecular weight excluding hydrogens is 399 g/mol. The van der Waals surface area contributed by atoms with Crippen molar-refractivity contribution in [2.24, 2.45) is 0 Å². The van der Waals surface area contributed by atoms with Gasteiger partial charge in [-0.05, 0) is 30.2 Å². The maximum atomic E-state index is 12.8. The fourth-order valence-electron chi connectivity index (χ4n) is 3.35. The van der Waals surface area contributed by atoms with Crippen molar-refractivity contribution in [2.45, 2.75) is 25.6 Å². The van der Waals surface area contributed by atoms with Crippen molar-refractivity contribution in [2.75, 3.05) is 32.7 Å². The smallest absolute Gasteiger partial charge is 0.416 e. The monoisotopic (exact) mass is 423 g/mol. The van der Waals surface area contributed by atoms with E-state index >= 15 is 0 Å². The lowest BCUT2D eigenvalue weighted by molar-refractivity contribution is -0.137. The SMILES string of the molecule is O=C(NCCCC(=O)N1CCN(Cc2cccc(C(F)(F)F)c2)CC1)c1ccco1. The van der Waals surface area contributed by atoms with Gasteiger partial charge in [0.1, 0.15) is 0 Å². The third-order valence-electron chi connectivity index (χ3n) is 4.98. The first kappa shape index (κ1) is 21.9. The van der Waals surface area contributed by atoms with Gasteiger partial charge in [0.15, 0.2) is 5.76 Å². The van der Waals surface area contributed by atoms with Crippen LogP contribution in [0.5, 0.6) is 0 Å². The molecule has 2 heterocycles. The van der Waals surface area contributed by atoms with Crippen LogP contribution in [-0.2, 0) is 17.5 Å². The minimum Gasteiger partial charge on any atom is -0.459 e. The molecule has 2 amide bonds. The number of hydrogen-bond acceptors (Lipinski definition) is 4. The summed E-state index contributed by atoms with van der Waals surface area (Å²) in [6, 6.07) is 8.54. The molecule has 1 fully saturated rings. The largest absolute Gasteiger partial charge is 0.459 e. The standard InChI is InChI=1S/C21H24F3N3O3/c22-21(23,24)17-5-1-4-16(14-17)15-26-9-11-27(12-10-26)19(28)7-2-8-25-20(29)18-6-3-13-30-18/h1,3-6,13-14H,2,7-12,15H2,(H,25,29). The maximum absolute atomic E-state index is 12.8. The number of benzene rings is 1.